The maximum absolute atomic E-state index is 13.7. The van der Waals surface area contributed by atoms with E-state index in [1.807, 2.05) is 25.3 Å². The van der Waals surface area contributed by atoms with Crippen molar-refractivity contribution in [1.29, 1.82) is 0 Å². The van der Waals surface area contributed by atoms with Gasteiger partial charge in [0.05, 0.1) is 16.7 Å². The van der Waals surface area contributed by atoms with E-state index in [-0.39, 0.29) is 23.1 Å². The lowest BCUT2D eigenvalue weighted by atomic mass is 9.88. The van der Waals surface area contributed by atoms with E-state index in [0.29, 0.717) is 35.4 Å². The van der Waals surface area contributed by atoms with Gasteiger partial charge in [-0.05, 0) is 44.6 Å². The molecular weight excluding hydrogens is 528 g/mol. The molecule has 4 rings (SSSR count). The monoisotopic (exact) mass is 570 g/mol. The van der Waals surface area contributed by atoms with Crippen LogP contribution >= 0.6 is 11.8 Å². The maximum Gasteiger partial charge on any atom is 0.270 e. The van der Waals surface area contributed by atoms with Gasteiger partial charge in [-0.3, -0.25) is 19.7 Å². The Morgan fingerprint density at radius 1 is 1.07 bits per heavy atom. The van der Waals surface area contributed by atoms with Crippen molar-refractivity contribution in [2.75, 3.05) is 5.75 Å². The number of nitro groups is 1. The third kappa shape index (κ3) is 7.21. The topological polar surface area (TPSA) is 123 Å². The molecule has 11 heteroatoms. The molecule has 2 aromatic rings. The molecule has 1 heterocycles. The van der Waals surface area contributed by atoms with Gasteiger partial charge in [0.1, 0.15) is 0 Å². The van der Waals surface area contributed by atoms with Crippen molar-refractivity contribution < 1.29 is 14.5 Å². The van der Waals surface area contributed by atoms with Crippen LogP contribution in [0.5, 0.6) is 0 Å². The first-order chi connectivity index (χ1) is 19.3. The van der Waals surface area contributed by atoms with E-state index < -0.39 is 16.9 Å². The minimum Gasteiger partial charge on any atom is -0.342 e. The number of carbonyl (C=O) groups is 2. The fourth-order valence-corrected chi connectivity index (χ4v) is 6.95. The average Bonchev–Trinajstić information content (AvgIpc) is 3.38. The lowest BCUT2D eigenvalue weighted by Gasteiger charge is -2.41. The van der Waals surface area contributed by atoms with Crippen LogP contribution in [0.2, 0.25) is 0 Å². The lowest BCUT2D eigenvalue weighted by molar-refractivity contribution is -0.384. The van der Waals surface area contributed by atoms with Crippen LogP contribution in [0.3, 0.4) is 0 Å². The molecule has 1 aromatic heterocycles. The highest BCUT2D eigenvalue weighted by molar-refractivity contribution is 7.99. The number of hydrogen-bond acceptors (Lipinski definition) is 7. The van der Waals surface area contributed by atoms with Gasteiger partial charge in [0.2, 0.25) is 5.91 Å². The number of rotatable bonds is 11. The smallest absolute Gasteiger partial charge is 0.270 e. The number of carbonyl (C=O) groups excluding carboxylic acids is 2. The molecule has 2 fully saturated rings. The van der Waals surface area contributed by atoms with Gasteiger partial charge in [-0.25, -0.2) is 0 Å². The van der Waals surface area contributed by atoms with Crippen LogP contribution in [0.1, 0.15) is 107 Å². The van der Waals surface area contributed by atoms with E-state index in [1.165, 1.54) is 68.5 Å². The summed E-state index contributed by atoms with van der Waals surface area (Å²) in [5, 5.41) is 23.7. The van der Waals surface area contributed by atoms with Crippen molar-refractivity contribution >= 4 is 29.3 Å². The van der Waals surface area contributed by atoms with Crippen molar-refractivity contribution in [3.05, 3.63) is 45.8 Å². The largest absolute Gasteiger partial charge is 0.342 e. The minimum absolute atomic E-state index is 0.00951. The van der Waals surface area contributed by atoms with E-state index in [0.717, 1.165) is 25.7 Å². The van der Waals surface area contributed by atoms with Crippen molar-refractivity contribution in [3.63, 3.8) is 0 Å². The molecule has 0 unspecified atom stereocenters. The van der Waals surface area contributed by atoms with Gasteiger partial charge in [-0.15, -0.1) is 10.2 Å². The standard InChI is InChI=1S/C29H42N6O4S/c1-4-33-27(26(20(2)3)30-28(37)21-12-11-17-24(18-21)35(38)39)31-32-29(33)40-19-25(36)34(22-13-7-5-8-14-22)23-15-9-6-10-16-23/h11-12,17-18,20,22-23,26H,4-10,13-16,19H2,1-3H3,(H,30,37)/t26-/m1/s1. The van der Waals surface area contributed by atoms with Crippen LogP contribution in [0.4, 0.5) is 5.69 Å². The number of nitro benzene ring substituents is 1. The number of nitrogens with one attached hydrogen (secondary N) is 1. The summed E-state index contributed by atoms with van der Waals surface area (Å²) in [6.45, 7) is 6.55. The number of amides is 2. The summed E-state index contributed by atoms with van der Waals surface area (Å²) in [7, 11) is 0. The fraction of sp³-hybridized carbons (Fsp3) is 0.655. The highest BCUT2D eigenvalue weighted by Gasteiger charge is 2.33. The third-order valence-corrected chi connectivity index (χ3v) is 9.11. The summed E-state index contributed by atoms with van der Waals surface area (Å²) in [6, 6.07) is 5.93. The van der Waals surface area contributed by atoms with E-state index in [9.17, 15) is 19.7 Å². The van der Waals surface area contributed by atoms with Gasteiger partial charge in [-0.2, -0.15) is 0 Å². The first kappa shape index (κ1) is 30.0. The molecule has 1 aromatic carbocycles. The van der Waals surface area contributed by atoms with Gasteiger partial charge in [0.25, 0.3) is 11.6 Å². The Morgan fingerprint density at radius 2 is 1.70 bits per heavy atom. The molecule has 218 valence electrons. The molecule has 40 heavy (non-hydrogen) atoms. The third-order valence-electron chi connectivity index (χ3n) is 8.16. The van der Waals surface area contributed by atoms with Gasteiger partial charge in [-0.1, -0.05) is 70.2 Å². The van der Waals surface area contributed by atoms with Crippen molar-refractivity contribution in [2.45, 2.75) is 115 Å². The number of benzene rings is 1. The number of thioether (sulfide) groups is 1. The fourth-order valence-electron chi connectivity index (χ4n) is 6.07. The maximum atomic E-state index is 13.7. The van der Waals surface area contributed by atoms with Crippen LogP contribution in [0.15, 0.2) is 29.4 Å². The summed E-state index contributed by atoms with van der Waals surface area (Å²) >= 11 is 1.42. The SMILES string of the molecule is CCn1c(SCC(=O)N(C2CCCCC2)C2CCCCC2)nnc1[C@H](NC(=O)c1cccc([N+](=O)[O-])c1)C(C)C. The number of nitrogens with zero attached hydrogens (tertiary/aromatic N) is 5. The first-order valence-electron chi connectivity index (χ1n) is 14.7. The van der Waals surface area contributed by atoms with Crippen molar-refractivity contribution in [2.24, 2.45) is 5.92 Å². The second-order valence-corrected chi connectivity index (χ2v) is 12.2. The van der Waals surface area contributed by atoms with Gasteiger partial charge < -0.3 is 14.8 Å². The highest BCUT2D eigenvalue weighted by atomic mass is 32.2. The Bertz CT molecular complexity index is 1160. The Balaban J connectivity index is 1.48. The number of non-ortho nitro benzene ring substituents is 1. The molecule has 0 radical (unpaired) electrons. The predicted octanol–water partition coefficient (Wildman–Crippen LogP) is 5.92. The van der Waals surface area contributed by atoms with Crippen molar-refractivity contribution in [1.82, 2.24) is 25.0 Å². The van der Waals surface area contributed by atoms with Gasteiger partial charge in [0.15, 0.2) is 11.0 Å². The molecule has 2 aliphatic carbocycles. The molecule has 2 aliphatic rings. The van der Waals surface area contributed by atoms with Gasteiger partial charge >= 0.3 is 0 Å². The summed E-state index contributed by atoms with van der Waals surface area (Å²) in [5.41, 5.74) is 0.0810. The lowest BCUT2D eigenvalue weighted by Crippen LogP contribution is -2.49. The summed E-state index contributed by atoms with van der Waals surface area (Å²) in [4.78, 5) is 39.6. The molecule has 2 saturated carbocycles. The highest BCUT2D eigenvalue weighted by Crippen LogP contribution is 2.32. The van der Waals surface area contributed by atoms with E-state index in [1.54, 1.807) is 6.07 Å². The molecule has 0 saturated heterocycles. The zero-order chi connectivity index (χ0) is 28.6. The normalized spacial score (nSPS) is 17.5. The second-order valence-electron chi connectivity index (χ2n) is 11.3. The van der Waals surface area contributed by atoms with Crippen LogP contribution in [0, 0.1) is 16.0 Å². The molecule has 2 amide bonds. The van der Waals surface area contributed by atoms with E-state index in [4.69, 9.17) is 0 Å². The van der Waals surface area contributed by atoms with E-state index in [2.05, 4.69) is 20.4 Å². The average molecular weight is 571 g/mol. The quantitative estimate of drug-likeness (QED) is 0.202. The first-order valence-corrected chi connectivity index (χ1v) is 15.7. The minimum atomic E-state index is -0.515. The summed E-state index contributed by atoms with van der Waals surface area (Å²) in [6.07, 6.45) is 11.7. The zero-order valence-corrected chi connectivity index (χ0v) is 24.7. The molecule has 1 N–H and O–H groups in total. The van der Waals surface area contributed by atoms with E-state index >= 15 is 0 Å². The molecule has 0 spiro atoms. The predicted molar refractivity (Wildman–Crippen MR) is 155 cm³/mol. The Hall–Kier alpha value is -2.95. The van der Waals surface area contributed by atoms with Gasteiger partial charge in [0, 0.05) is 36.3 Å². The van der Waals surface area contributed by atoms with Crippen LogP contribution < -0.4 is 5.32 Å². The molecule has 10 nitrogen and oxygen atoms in total. The zero-order valence-electron chi connectivity index (χ0n) is 23.9. The number of hydrogen-bond donors (Lipinski definition) is 1. The van der Waals surface area contributed by atoms with Crippen LogP contribution in [-0.4, -0.2) is 54.2 Å². The molecule has 1 atom stereocenters. The van der Waals surface area contributed by atoms with Crippen LogP contribution in [-0.2, 0) is 11.3 Å². The second kappa shape index (κ2) is 14.1. The molecule has 0 aliphatic heterocycles. The Labute approximate surface area is 240 Å². The van der Waals surface area contributed by atoms with Crippen LogP contribution in [0.25, 0.3) is 0 Å². The molecular formula is C29H42N6O4S. The Morgan fingerprint density at radius 3 is 2.25 bits per heavy atom. The Kier molecular flexibility index (Phi) is 10.6. The molecule has 0 bridgehead atoms. The summed E-state index contributed by atoms with van der Waals surface area (Å²) < 4.78 is 1.96. The van der Waals surface area contributed by atoms with Crippen molar-refractivity contribution in [3.8, 4) is 0 Å². The summed E-state index contributed by atoms with van der Waals surface area (Å²) in [5.74, 6) is 0.702. The number of aromatic nitrogens is 3.